The van der Waals surface area contributed by atoms with E-state index < -0.39 is 5.56 Å². The zero-order valence-corrected chi connectivity index (χ0v) is 17.0. The average Bonchev–Trinajstić information content (AvgIpc) is 2.65. The summed E-state index contributed by atoms with van der Waals surface area (Å²) in [5, 5.41) is 12.8. The SMILES string of the molecule is Cc1cc(-c2ccc(Cl)cc2)cc(Cl)c1-c1c(O)c2cc(Cl)ccc2[nH]c1=O. The van der Waals surface area contributed by atoms with E-state index in [-0.39, 0.29) is 11.3 Å². The van der Waals surface area contributed by atoms with Crippen molar-refractivity contribution in [2.24, 2.45) is 0 Å². The van der Waals surface area contributed by atoms with Crippen LogP contribution in [-0.2, 0) is 0 Å². The summed E-state index contributed by atoms with van der Waals surface area (Å²) in [6.45, 7) is 1.85. The van der Waals surface area contributed by atoms with E-state index in [1.165, 1.54) is 0 Å². The van der Waals surface area contributed by atoms with E-state index in [1.54, 1.807) is 36.4 Å². The number of aromatic nitrogens is 1. The van der Waals surface area contributed by atoms with Gasteiger partial charge in [-0.25, -0.2) is 0 Å². The highest BCUT2D eigenvalue weighted by molar-refractivity contribution is 6.34. The molecule has 0 aliphatic rings. The number of halogens is 3. The fourth-order valence-electron chi connectivity index (χ4n) is 3.35. The van der Waals surface area contributed by atoms with Crippen LogP contribution in [0.5, 0.6) is 5.75 Å². The Hall–Kier alpha value is -2.46. The van der Waals surface area contributed by atoms with Crippen LogP contribution in [0.4, 0.5) is 0 Å². The highest BCUT2D eigenvalue weighted by Gasteiger charge is 2.19. The standard InChI is InChI=1S/C22H14Cl3NO2/c1-11-8-13(12-2-4-14(23)5-3-12)9-17(25)19(11)20-21(27)16-10-15(24)6-7-18(16)26-22(20)28/h2-10H,1H3,(H2,26,27,28). The minimum absolute atomic E-state index is 0.125. The van der Waals surface area contributed by atoms with Crippen LogP contribution >= 0.6 is 34.8 Å². The molecular weight excluding hydrogens is 417 g/mol. The molecule has 0 bridgehead atoms. The van der Waals surface area contributed by atoms with Gasteiger partial charge in [0.15, 0.2) is 0 Å². The lowest BCUT2D eigenvalue weighted by atomic mass is 9.95. The summed E-state index contributed by atoms with van der Waals surface area (Å²) in [5.74, 6) is -0.148. The summed E-state index contributed by atoms with van der Waals surface area (Å²) in [6.07, 6.45) is 0. The van der Waals surface area contributed by atoms with Crippen LogP contribution in [0.3, 0.4) is 0 Å². The van der Waals surface area contributed by atoms with Crippen molar-refractivity contribution in [3.05, 3.63) is 85.6 Å². The van der Waals surface area contributed by atoms with Crippen LogP contribution in [0.15, 0.2) is 59.4 Å². The van der Waals surface area contributed by atoms with E-state index >= 15 is 0 Å². The Morgan fingerprint density at radius 1 is 0.821 bits per heavy atom. The second-order valence-corrected chi connectivity index (χ2v) is 7.80. The van der Waals surface area contributed by atoms with Crippen LogP contribution in [0.2, 0.25) is 15.1 Å². The number of fused-ring (bicyclic) bond motifs is 1. The van der Waals surface area contributed by atoms with E-state index in [1.807, 2.05) is 25.1 Å². The molecular formula is C22H14Cl3NO2. The van der Waals surface area contributed by atoms with Crippen LogP contribution in [0, 0.1) is 6.92 Å². The molecule has 3 aromatic carbocycles. The molecule has 0 radical (unpaired) electrons. The van der Waals surface area contributed by atoms with Crippen LogP contribution in [0.25, 0.3) is 33.2 Å². The monoisotopic (exact) mass is 429 g/mol. The van der Waals surface area contributed by atoms with Gasteiger partial charge in [-0.1, -0.05) is 53.0 Å². The third-order valence-corrected chi connectivity index (χ3v) is 5.45. The highest BCUT2D eigenvalue weighted by atomic mass is 35.5. The molecule has 0 amide bonds. The van der Waals surface area contributed by atoms with Gasteiger partial charge in [0.2, 0.25) is 0 Å². The number of hydrogen-bond acceptors (Lipinski definition) is 2. The fraction of sp³-hybridized carbons (Fsp3) is 0.0455. The molecule has 3 nitrogen and oxygen atoms in total. The van der Waals surface area contributed by atoms with Gasteiger partial charge in [0, 0.05) is 26.0 Å². The number of nitrogens with one attached hydrogen (secondary N) is 1. The van der Waals surface area contributed by atoms with Gasteiger partial charge in [0.05, 0.1) is 11.1 Å². The molecule has 4 rings (SSSR count). The zero-order valence-electron chi connectivity index (χ0n) is 14.7. The molecule has 1 aromatic heterocycles. The quantitative estimate of drug-likeness (QED) is 0.366. The summed E-state index contributed by atoms with van der Waals surface area (Å²) in [7, 11) is 0. The van der Waals surface area contributed by atoms with Crippen molar-refractivity contribution in [1.29, 1.82) is 0 Å². The van der Waals surface area contributed by atoms with Gasteiger partial charge in [-0.2, -0.15) is 0 Å². The molecule has 0 saturated carbocycles. The Morgan fingerprint density at radius 3 is 2.18 bits per heavy atom. The Morgan fingerprint density at radius 2 is 1.50 bits per heavy atom. The average molecular weight is 431 g/mol. The van der Waals surface area contributed by atoms with Crippen molar-refractivity contribution < 1.29 is 5.11 Å². The summed E-state index contributed by atoms with van der Waals surface area (Å²) in [4.78, 5) is 15.5. The smallest absolute Gasteiger partial charge is 0.260 e. The maximum absolute atomic E-state index is 12.7. The van der Waals surface area contributed by atoms with Crippen LogP contribution in [0.1, 0.15) is 5.56 Å². The second kappa shape index (κ2) is 7.17. The van der Waals surface area contributed by atoms with Crippen molar-refractivity contribution in [1.82, 2.24) is 4.98 Å². The molecule has 0 aliphatic heterocycles. The number of benzene rings is 3. The highest BCUT2D eigenvalue weighted by Crippen LogP contribution is 2.40. The lowest BCUT2D eigenvalue weighted by molar-refractivity contribution is 0.482. The Labute approximate surface area is 176 Å². The number of rotatable bonds is 2. The Balaban J connectivity index is 1.95. The van der Waals surface area contributed by atoms with Crippen LogP contribution < -0.4 is 5.56 Å². The van der Waals surface area contributed by atoms with Crippen molar-refractivity contribution in [2.45, 2.75) is 6.92 Å². The number of aromatic amines is 1. The first-order valence-electron chi connectivity index (χ1n) is 8.46. The topological polar surface area (TPSA) is 53.1 Å². The van der Waals surface area contributed by atoms with E-state index in [0.29, 0.717) is 31.5 Å². The lowest BCUT2D eigenvalue weighted by Gasteiger charge is -2.14. The van der Waals surface area contributed by atoms with Gasteiger partial charge in [0.1, 0.15) is 5.75 Å². The fourth-order valence-corrected chi connectivity index (χ4v) is 4.01. The van der Waals surface area contributed by atoms with E-state index in [2.05, 4.69) is 4.98 Å². The third kappa shape index (κ3) is 3.26. The van der Waals surface area contributed by atoms with Gasteiger partial charge in [0.25, 0.3) is 5.56 Å². The molecule has 0 atom stereocenters. The molecule has 0 unspecified atom stereocenters. The van der Waals surface area contributed by atoms with Gasteiger partial charge in [-0.05, 0) is 60.0 Å². The first-order valence-corrected chi connectivity index (χ1v) is 9.59. The summed E-state index contributed by atoms with van der Waals surface area (Å²) >= 11 is 18.6. The Bertz CT molecular complexity index is 1250. The van der Waals surface area contributed by atoms with E-state index in [4.69, 9.17) is 34.8 Å². The molecule has 0 fully saturated rings. The van der Waals surface area contributed by atoms with Crippen LogP contribution in [-0.4, -0.2) is 10.1 Å². The first kappa shape index (κ1) is 18.9. The van der Waals surface area contributed by atoms with Crippen molar-refractivity contribution in [3.63, 3.8) is 0 Å². The summed E-state index contributed by atoms with van der Waals surface area (Å²) in [5.41, 5.74) is 3.30. The molecule has 28 heavy (non-hydrogen) atoms. The molecule has 1 heterocycles. The van der Waals surface area contributed by atoms with Crippen molar-refractivity contribution >= 4 is 45.7 Å². The molecule has 2 N–H and O–H groups in total. The van der Waals surface area contributed by atoms with Crippen molar-refractivity contribution in [2.75, 3.05) is 0 Å². The molecule has 140 valence electrons. The van der Waals surface area contributed by atoms with Crippen molar-refractivity contribution in [3.8, 4) is 28.0 Å². The number of hydrogen-bond donors (Lipinski definition) is 2. The largest absolute Gasteiger partial charge is 0.506 e. The lowest BCUT2D eigenvalue weighted by Crippen LogP contribution is -2.10. The minimum Gasteiger partial charge on any atom is -0.506 e. The summed E-state index contributed by atoms with van der Waals surface area (Å²) < 4.78 is 0. The van der Waals surface area contributed by atoms with Gasteiger partial charge >= 0.3 is 0 Å². The zero-order chi connectivity index (χ0) is 20.0. The molecule has 6 heteroatoms. The molecule has 4 aromatic rings. The van der Waals surface area contributed by atoms with E-state index in [0.717, 1.165) is 16.7 Å². The maximum atomic E-state index is 12.7. The summed E-state index contributed by atoms with van der Waals surface area (Å²) in [6, 6.07) is 16.0. The molecule has 0 saturated heterocycles. The minimum atomic E-state index is -0.420. The van der Waals surface area contributed by atoms with Gasteiger partial charge in [-0.3, -0.25) is 4.79 Å². The van der Waals surface area contributed by atoms with E-state index in [9.17, 15) is 9.90 Å². The number of aromatic hydroxyl groups is 1. The number of aryl methyl sites for hydroxylation is 1. The van der Waals surface area contributed by atoms with Gasteiger partial charge < -0.3 is 10.1 Å². The third-order valence-electron chi connectivity index (χ3n) is 4.66. The molecule has 0 aliphatic carbocycles. The molecule has 0 spiro atoms. The second-order valence-electron chi connectivity index (χ2n) is 6.52. The van der Waals surface area contributed by atoms with Gasteiger partial charge in [-0.15, -0.1) is 0 Å². The normalized spacial score (nSPS) is 11.1. The number of H-pyrrole nitrogens is 1. The maximum Gasteiger partial charge on any atom is 0.260 e. The predicted molar refractivity (Wildman–Crippen MR) is 117 cm³/mol. The first-order chi connectivity index (χ1) is 13.3. The Kier molecular flexibility index (Phi) is 4.84. The number of pyridine rings is 1. The predicted octanol–water partition coefficient (Wildman–Crippen LogP) is 6.84.